The maximum atomic E-state index is 9.52. The van der Waals surface area contributed by atoms with Gasteiger partial charge in [0.25, 0.3) is 0 Å². The third-order valence-corrected chi connectivity index (χ3v) is 3.13. The van der Waals surface area contributed by atoms with Crippen molar-refractivity contribution in [3.63, 3.8) is 0 Å². The zero-order valence-corrected chi connectivity index (χ0v) is 17.8. The fourth-order valence-electron chi connectivity index (χ4n) is 1.15. The Hall–Kier alpha value is 1.29. The van der Waals surface area contributed by atoms with Gasteiger partial charge in [0.05, 0.1) is 0 Å². The minimum atomic E-state index is -2.50. The monoisotopic (exact) mass is 372 g/mol. The van der Waals surface area contributed by atoms with Crippen LogP contribution in [0.5, 0.6) is 0 Å². The second kappa shape index (κ2) is 19.3. The largest absolute Gasteiger partial charge is 0.668 e. The standard InChI is InChI=1S/C9H23NO2S.C2H6N.C2H6.Y/c1-5-6-7-10(8-9(2)3)13(4,11)12;1-3-2;1-2;/h9,11-12H,5-8H2,1-4H3;1-2H3;1-2H3;/q;-1;;. The van der Waals surface area contributed by atoms with E-state index in [1.165, 1.54) is 6.26 Å². The predicted molar refractivity (Wildman–Crippen MR) is 86.6 cm³/mol. The molecular formula is C13H35N2O2SY-. The molecule has 4 nitrogen and oxygen atoms in total. The van der Waals surface area contributed by atoms with Crippen LogP contribution in [0.25, 0.3) is 5.32 Å². The van der Waals surface area contributed by atoms with E-state index in [0.717, 1.165) is 25.9 Å². The summed E-state index contributed by atoms with van der Waals surface area (Å²) in [5, 5.41) is 3.50. The normalized spacial score (nSPS) is 10.9. The average Bonchev–Trinajstić information content (AvgIpc) is 2.26. The van der Waals surface area contributed by atoms with Gasteiger partial charge in [-0.05, 0) is 12.3 Å². The van der Waals surface area contributed by atoms with E-state index in [4.69, 9.17) is 0 Å². The Labute approximate surface area is 148 Å². The Morgan fingerprint density at radius 1 is 1.16 bits per heavy atom. The van der Waals surface area contributed by atoms with E-state index in [-0.39, 0.29) is 32.7 Å². The maximum absolute atomic E-state index is 9.52. The average molecular weight is 372 g/mol. The van der Waals surface area contributed by atoms with Crippen LogP contribution in [0.1, 0.15) is 47.5 Å². The van der Waals surface area contributed by atoms with Crippen LogP contribution in [0.4, 0.5) is 0 Å². The summed E-state index contributed by atoms with van der Waals surface area (Å²) in [4.78, 5) is 0. The molecule has 0 aromatic rings. The summed E-state index contributed by atoms with van der Waals surface area (Å²) in [6.45, 7) is 11.8. The van der Waals surface area contributed by atoms with E-state index >= 15 is 0 Å². The molecule has 0 saturated heterocycles. The molecule has 1 radical (unpaired) electrons. The maximum Gasteiger partial charge on any atom is 0.0418 e. The zero-order valence-electron chi connectivity index (χ0n) is 14.2. The fourth-order valence-corrected chi connectivity index (χ4v) is 2.20. The number of hydrogen-bond acceptors (Lipinski definition) is 3. The molecule has 0 heterocycles. The third-order valence-electron chi connectivity index (χ3n) is 1.82. The molecule has 0 atom stereocenters. The van der Waals surface area contributed by atoms with Crippen molar-refractivity contribution in [2.45, 2.75) is 47.5 Å². The summed E-state index contributed by atoms with van der Waals surface area (Å²) >= 11 is 0. The summed E-state index contributed by atoms with van der Waals surface area (Å²) in [6, 6.07) is 0. The molecule has 0 saturated carbocycles. The van der Waals surface area contributed by atoms with Crippen molar-refractivity contribution in [3.8, 4) is 0 Å². The number of hydrogen-bond donors (Lipinski definition) is 2. The van der Waals surface area contributed by atoms with Gasteiger partial charge in [0.2, 0.25) is 0 Å². The molecule has 0 amide bonds. The van der Waals surface area contributed by atoms with Gasteiger partial charge in [-0.25, -0.2) is 4.31 Å². The van der Waals surface area contributed by atoms with Crippen molar-refractivity contribution in [3.05, 3.63) is 5.32 Å². The molecule has 19 heavy (non-hydrogen) atoms. The van der Waals surface area contributed by atoms with Crippen LogP contribution >= 0.6 is 10.8 Å². The van der Waals surface area contributed by atoms with Crippen LogP contribution in [-0.4, -0.2) is 46.9 Å². The molecule has 0 aromatic carbocycles. The molecular weight excluding hydrogens is 337 g/mol. The number of unbranched alkanes of at least 4 members (excludes halogenated alkanes) is 1. The second-order valence-corrected chi connectivity index (χ2v) is 6.48. The molecule has 0 bridgehead atoms. The molecule has 6 heteroatoms. The van der Waals surface area contributed by atoms with Gasteiger partial charge in [0.15, 0.2) is 0 Å². The van der Waals surface area contributed by atoms with Gasteiger partial charge < -0.3 is 5.32 Å². The van der Waals surface area contributed by atoms with Gasteiger partial charge in [-0.3, -0.25) is 9.11 Å². The Balaban J connectivity index is -0.000000164. The smallest absolute Gasteiger partial charge is 0.0418 e. The van der Waals surface area contributed by atoms with Crippen LogP contribution in [-0.2, 0) is 32.7 Å². The molecule has 0 spiro atoms. The molecule has 0 fully saturated rings. The zero-order chi connectivity index (χ0) is 15.2. The quantitative estimate of drug-likeness (QED) is 0.712. The van der Waals surface area contributed by atoms with Gasteiger partial charge in [0, 0.05) is 52.1 Å². The molecule has 0 aliphatic heterocycles. The van der Waals surface area contributed by atoms with Crippen molar-refractivity contribution < 1.29 is 41.8 Å². The van der Waals surface area contributed by atoms with E-state index in [1.54, 1.807) is 18.4 Å². The van der Waals surface area contributed by atoms with Crippen molar-refractivity contribution in [2.75, 3.05) is 33.4 Å². The molecule has 0 unspecified atom stereocenters. The van der Waals surface area contributed by atoms with Crippen LogP contribution in [0, 0.1) is 5.92 Å². The molecule has 0 aromatic heterocycles. The summed E-state index contributed by atoms with van der Waals surface area (Å²) < 4.78 is 20.8. The first-order chi connectivity index (χ1) is 8.29. The van der Waals surface area contributed by atoms with E-state index in [2.05, 4.69) is 26.1 Å². The molecule has 2 N–H and O–H groups in total. The van der Waals surface area contributed by atoms with E-state index in [0.29, 0.717) is 5.92 Å². The van der Waals surface area contributed by atoms with Gasteiger partial charge in [-0.1, -0.05) is 41.0 Å². The molecule has 0 aliphatic rings. The minimum absolute atomic E-state index is 0. The fraction of sp³-hybridized carbons (Fsp3) is 1.00. The summed E-state index contributed by atoms with van der Waals surface area (Å²) in [7, 11) is 1.00. The summed E-state index contributed by atoms with van der Waals surface area (Å²) in [6.07, 6.45) is 3.62. The van der Waals surface area contributed by atoms with Crippen molar-refractivity contribution >= 4 is 10.8 Å². The first-order valence-electron chi connectivity index (χ1n) is 6.75. The summed E-state index contributed by atoms with van der Waals surface area (Å²) in [5.74, 6) is 0.475. The van der Waals surface area contributed by atoms with Gasteiger partial charge in [-0.15, -0.1) is 10.8 Å². The third kappa shape index (κ3) is 24.7. The Morgan fingerprint density at radius 2 is 1.53 bits per heavy atom. The Bertz CT molecular complexity index is 156. The minimum Gasteiger partial charge on any atom is -0.668 e. The SMILES string of the molecule is CC.CCCCN(CC(C)C)S(C)(O)O.C[N-]C.[Y]. The molecule has 0 rings (SSSR count). The van der Waals surface area contributed by atoms with Crippen LogP contribution in [0.2, 0.25) is 0 Å². The Kier molecular flexibility index (Phi) is 28.9. The van der Waals surface area contributed by atoms with Crippen LogP contribution in [0.15, 0.2) is 0 Å². The van der Waals surface area contributed by atoms with E-state index in [9.17, 15) is 9.11 Å². The Morgan fingerprint density at radius 3 is 1.74 bits per heavy atom. The van der Waals surface area contributed by atoms with Gasteiger partial charge in [-0.2, -0.15) is 14.1 Å². The van der Waals surface area contributed by atoms with Gasteiger partial charge in [0.1, 0.15) is 0 Å². The van der Waals surface area contributed by atoms with Crippen LogP contribution in [0.3, 0.4) is 0 Å². The van der Waals surface area contributed by atoms with E-state index < -0.39 is 10.8 Å². The second-order valence-electron chi connectivity index (χ2n) is 4.38. The van der Waals surface area contributed by atoms with Crippen molar-refractivity contribution in [1.29, 1.82) is 0 Å². The molecule has 119 valence electrons. The predicted octanol–water partition coefficient (Wildman–Crippen LogP) is 4.68. The molecule has 0 aliphatic carbocycles. The van der Waals surface area contributed by atoms with Crippen LogP contribution < -0.4 is 0 Å². The topological polar surface area (TPSA) is 57.8 Å². The van der Waals surface area contributed by atoms with Crippen molar-refractivity contribution in [2.24, 2.45) is 5.92 Å². The van der Waals surface area contributed by atoms with E-state index in [1.807, 2.05) is 13.8 Å². The van der Waals surface area contributed by atoms with Crippen molar-refractivity contribution in [1.82, 2.24) is 4.31 Å². The number of nitrogens with zero attached hydrogens (tertiary/aromatic N) is 2. The number of rotatable bonds is 6. The van der Waals surface area contributed by atoms with Gasteiger partial charge >= 0.3 is 0 Å². The first-order valence-corrected chi connectivity index (χ1v) is 8.66. The summed E-state index contributed by atoms with van der Waals surface area (Å²) in [5.41, 5.74) is 0. The first kappa shape index (κ1) is 28.5.